The third kappa shape index (κ3) is 2.09. The average Bonchev–Trinajstić information content (AvgIpc) is 2.13. The molecule has 0 aliphatic carbocycles. The Morgan fingerprint density at radius 1 is 1.31 bits per heavy atom. The highest BCUT2D eigenvalue weighted by atomic mass is 14.2. The van der Waals surface area contributed by atoms with Crippen LogP contribution in [0.1, 0.15) is 35.6 Å². The number of nitriles is 1. The molecule has 1 nitrogen and oxygen atoms in total. The lowest BCUT2D eigenvalue weighted by Crippen LogP contribution is -1.93. The zero-order valence-corrected chi connectivity index (χ0v) is 8.52. The Kier molecular flexibility index (Phi) is 3.08. The van der Waals surface area contributed by atoms with Crippen LogP contribution in [-0.4, -0.2) is 0 Å². The van der Waals surface area contributed by atoms with Crippen molar-refractivity contribution in [1.29, 1.82) is 5.26 Å². The number of benzene rings is 1. The van der Waals surface area contributed by atoms with Gasteiger partial charge in [0.1, 0.15) is 0 Å². The van der Waals surface area contributed by atoms with Crippen molar-refractivity contribution in [3.05, 3.63) is 34.4 Å². The Bertz CT molecular complexity index is 345. The van der Waals surface area contributed by atoms with Crippen LogP contribution in [0.25, 0.3) is 0 Å². The molecule has 1 aromatic rings. The Hall–Kier alpha value is -1.29. The number of hydrogen-bond donors (Lipinski definition) is 0. The van der Waals surface area contributed by atoms with E-state index in [9.17, 15) is 0 Å². The first-order chi connectivity index (χ1) is 6.19. The summed E-state index contributed by atoms with van der Waals surface area (Å²) in [6, 6.07) is 6.15. The minimum absolute atomic E-state index is 0.784. The van der Waals surface area contributed by atoms with Crippen LogP contribution < -0.4 is 0 Å². The third-order valence-corrected chi connectivity index (χ3v) is 2.42. The van der Waals surface area contributed by atoms with Gasteiger partial charge in [0.2, 0.25) is 0 Å². The molecule has 0 radical (unpaired) electrons. The molecule has 0 aliphatic rings. The van der Waals surface area contributed by atoms with E-state index in [0.717, 1.165) is 18.4 Å². The average molecular weight is 173 g/mol. The Morgan fingerprint density at radius 2 is 2.00 bits per heavy atom. The molecule has 0 aromatic heterocycles. The molecule has 0 fully saturated rings. The van der Waals surface area contributed by atoms with E-state index in [1.165, 1.54) is 16.7 Å². The number of aryl methyl sites for hydroxylation is 2. The first kappa shape index (κ1) is 9.80. The highest BCUT2D eigenvalue weighted by molar-refractivity contribution is 5.42. The molecule has 0 atom stereocenters. The number of hydrogen-bond acceptors (Lipinski definition) is 1. The first-order valence-corrected chi connectivity index (χ1v) is 4.69. The molecule has 0 heterocycles. The van der Waals surface area contributed by atoms with Crippen LogP contribution in [0.3, 0.4) is 0 Å². The molecule has 0 bridgehead atoms. The monoisotopic (exact) mass is 173 g/mol. The van der Waals surface area contributed by atoms with E-state index in [2.05, 4.69) is 26.8 Å². The minimum atomic E-state index is 0.784. The molecule has 0 saturated heterocycles. The summed E-state index contributed by atoms with van der Waals surface area (Å²) in [4.78, 5) is 0. The predicted molar refractivity (Wildman–Crippen MR) is 54.6 cm³/mol. The van der Waals surface area contributed by atoms with E-state index in [4.69, 9.17) is 5.26 Å². The highest BCUT2D eigenvalue weighted by Crippen LogP contribution is 2.17. The summed E-state index contributed by atoms with van der Waals surface area (Å²) in [6.07, 6.45) is 2.21. The molecule has 1 aromatic carbocycles. The summed E-state index contributed by atoms with van der Waals surface area (Å²) in [7, 11) is 0. The summed E-state index contributed by atoms with van der Waals surface area (Å²) in [5.41, 5.74) is 4.66. The normalized spacial score (nSPS) is 9.69. The van der Waals surface area contributed by atoms with E-state index < -0.39 is 0 Å². The van der Waals surface area contributed by atoms with Crippen LogP contribution in [0.5, 0.6) is 0 Å². The Balaban J connectivity index is 3.18. The van der Waals surface area contributed by atoms with Gasteiger partial charge < -0.3 is 0 Å². The van der Waals surface area contributed by atoms with Gasteiger partial charge in [-0.25, -0.2) is 0 Å². The van der Waals surface area contributed by atoms with Crippen molar-refractivity contribution in [3.8, 4) is 6.07 Å². The Morgan fingerprint density at radius 3 is 2.54 bits per heavy atom. The number of nitrogens with zero attached hydrogens (tertiary/aromatic N) is 1. The van der Waals surface area contributed by atoms with Gasteiger partial charge in [-0.2, -0.15) is 5.26 Å². The second-order valence-corrected chi connectivity index (χ2v) is 3.44. The maximum absolute atomic E-state index is 8.80. The van der Waals surface area contributed by atoms with Gasteiger partial charge in [-0.05, 0) is 49.1 Å². The lowest BCUT2D eigenvalue weighted by Gasteiger charge is -2.07. The molecule has 0 N–H and O–H groups in total. The van der Waals surface area contributed by atoms with Crippen LogP contribution in [0.2, 0.25) is 0 Å². The number of rotatable bonds is 2. The molecule has 0 aliphatic heterocycles. The summed E-state index contributed by atoms with van der Waals surface area (Å²) in [6.45, 7) is 6.35. The smallest absolute Gasteiger partial charge is 0.0991 e. The van der Waals surface area contributed by atoms with Crippen molar-refractivity contribution in [2.75, 3.05) is 0 Å². The molecule has 0 unspecified atom stereocenters. The molecular formula is C12H15N. The topological polar surface area (TPSA) is 23.8 Å². The second kappa shape index (κ2) is 4.09. The standard InChI is InChI=1S/C12H15N/c1-4-5-12-7-11(8-13)6-9(2)10(12)3/h6-7H,4-5H2,1-3H3. The van der Waals surface area contributed by atoms with Gasteiger partial charge in [-0.3, -0.25) is 0 Å². The molecule has 1 rings (SSSR count). The van der Waals surface area contributed by atoms with Crippen LogP contribution in [0.15, 0.2) is 12.1 Å². The van der Waals surface area contributed by atoms with Crippen molar-refractivity contribution in [2.45, 2.75) is 33.6 Å². The second-order valence-electron chi connectivity index (χ2n) is 3.44. The maximum atomic E-state index is 8.80. The van der Waals surface area contributed by atoms with Gasteiger partial charge in [0.15, 0.2) is 0 Å². The SMILES string of the molecule is CCCc1cc(C#N)cc(C)c1C. The van der Waals surface area contributed by atoms with Gasteiger partial charge in [0.05, 0.1) is 11.6 Å². The molecule has 0 saturated carbocycles. The van der Waals surface area contributed by atoms with E-state index >= 15 is 0 Å². The Labute approximate surface area is 80.0 Å². The van der Waals surface area contributed by atoms with Crippen molar-refractivity contribution in [2.24, 2.45) is 0 Å². The largest absolute Gasteiger partial charge is 0.192 e. The fourth-order valence-corrected chi connectivity index (χ4v) is 1.53. The summed E-state index contributed by atoms with van der Waals surface area (Å²) < 4.78 is 0. The van der Waals surface area contributed by atoms with Crippen molar-refractivity contribution < 1.29 is 0 Å². The lowest BCUT2D eigenvalue weighted by atomic mass is 9.97. The van der Waals surface area contributed by atoms with E-state index in [-0.39, 0.29) is 0 Å². The molecule has 1 heteroatoms. The van der Waals surface area contributed by atoms with Crippen molar-refractivity contribution in [1.82, 2.24) is 0 Å². The summed E-state index contributed by atoms with van der Waals surface area (Å²) in [5, 5.41) is 8.80. The predicted octanol–water partition coefficient (Wildman–Crippen LogP) is 3.13. The summed E-state index contributed by atoms with van der Waals surface area (Å²) >= 11 is 0. The van der Waals surface area contributed by atoms with Crippen LogP contribution >= 0.6 is 0 Å². The molecular weight excluding hydrogens is 158 g/mol. The lowest BCUT2D eigenvalue weighted by molar-refractivity contribution is 0.909. The van der Waals surface area contributed by atoms with Crippen molar-refractivity contribution >= 4 is 0 Å². The molecule has 68 valence electrons. The van der Waals surface area contributed by atoms with Crippen LogP contribution in [-0.2, 0) is 6.42 Å². The van der Waals surface area contributed by atoms with Crippen molar-refractivity contribution in [3.63, 3.8) is 0 Å². The van der Waals surface area contributed by atoms with Gasteiger partial charge >= 0.3 is 0 Å². The zero-order chi connectivity index (χ0) is 9.84. The quantitative estimate of drug-likeness (QED) is 0.674. The molecule has 0 spiro atoms. The van der Waals surface area contributed by atoms with E-state index in [0.29, 0.717) is 0 Å². The van der Waals surface area contributed by atoms with E-state index in [1.54, 1.807) is 0 Å². The van der Waals surface area contributed by atoms with Gasteiger partial charge in [0.25, 0.3) is 0 Å². The third-order valence-electron chi connectivity index (χ3n) is 2.42. The minimum Gasteiger partial charge on any atom is -0.192 e. The van der Waals surface area contributed by atoms with Gasteiger partial charge in [-0.1, -0.05) is 13.3 Å². The van der Waals surface area contributed by atoms with Crippen LogP contribution in [0, 0.1) is 25.2 Å². The molecule has 13 heavy (non-hydrogen) atoms. The van der Waals surface area contributed by atoms with Gasteiger partial charge in [-0.15, -0.1) is 0 Å². The fraction of sp³-hybridized carbons (Fsp3) is 0.417. The van der Waals surface area contributed by atoms with Gasteiger partial charge in [0, 0.05) is 0 Å². The summed E-state index contributed by atoms with van der Waals surface area (Å²) in [5.74, 6) is 0. The fourth-order valence-electron chi connectivity index (χ4n) is 1.53. The van der Waals surface area contributed by atoms with E-state index in [1.807, 2.05) is 12.1 Å². The maximum Gasteiger partial charge on any atom is 0.0991 e. The van der Waals surface area contributed by atoms with Crippen LogP contribution in [0.4, 0.5) is 0 Å². The zero-order valence-electron chi connectivity index (χ0n) is 8.52. The first-order valence-electron chi connectivity index (χ1n) is 4.69. The highest BCUT2D eigenvalue weighted by Gasteiger charge is 2.02. The molecule has 0 amide bonds.